The minimum atomic E-state index is 0.505. The quantitative estimate of drug-likeness (QED) is 0.262. The van der Waals surface area contributed by atoms with Crippen molar-refractivity contribution in [2.45, 2.75) is 23.8 Å². The molecule has 0 fully saturated rings. The topological polar surface area (TPSA) is 78.9 Å². The normalized spacial score (nSPS) is 11.1. The van der Waals surface area contributed by atoms with Crippen LogP contribution in [0.4, 0.5) is 0 Å². The highest BCUT2D eigenvalue weighted by atomic mass is 32.2. The number of nitrogens with zero attached hydrogens (tertiary/aromatic N) is 5. The van der Waals surface area contributed by atoms with Gasteiger partial charge < -0.3 is 9.26 Å². The number of aromatic nitrogens is 5. The van der Waals surface area contributed by atoms with Crippen molar-refractivity contribution in [3.63, 3.8) is 0 Å². The summed E-state index contributed by atoms with van der Waals surface area (Å²) in [4.78, 5) is 5.50. The van der Waals surface area contributed by atoms with Gasteiger partial charge in [0.1, 0.15) is 11.6 Å². The van der Waals surface area contributed by atoms with Gasteiger partial charge in [-0.2, -0.15) is 4.98 Å². The molecule has 5 aromatic rings. The Morgan fingerprint density at radius 2 is 1.82 bits per heavy atom. The van der Waals surface area contributed by atoms with E-state index in [1.807, 2.05) is 47.8 Å². The van der Waals surface area contributed by atoms with E-state index in [2.05, 4.69) is 49.2 Å². The predicted molar refractivity (Wildman–Crippen MR) is 129 cm³/mol. The molecule has 0 radical (unpaired) electrons. The Morgan fingerprint density at radius 3 is 2.58 bits per heavy atom. The molecule has 0 saturated heterocycles. The summed E-state index contributed by atoms with van der Waals surface area (Å²) in [6, 6.07) is 22.3. The molecular formula is C24H21N5O2S2. The summed E-state index contributed by atoms with van der Waals surface area (Å²) in [6.45, 7) is 0. The van der Waals surface area contributed by atoms with Crippen molar-refractivity contribution in [1.82, 2.24) is 24.9 Å². The van der Waals surface area contributed by atoms with Crippen LogP contribution in [0.2, 0.25) is 0 Å². The number of thioether (sulfide) groups is 1. The fourth-order valence-electron chi connectivity index (χ4n) is 3.39. The minimum Gasteiger partial charge on any atom is -0.497 e. The van der Waals surface area contributed by atoms with Crippen molar-refractivity contribution in [2.75, 3.05) is 7.11 Å². The molecule has 3 heterocycles. The number of ether oxygens (including phenoxy) is 1. The lowest BCUT2D eigenvalue weighted by Crippen LogP contribution is -2.05. The monoisotopic (exact) mass is 475 g/mol. The fourth-order valence-corrected chi connectivity index (χ4v) is 4.85. The number of methoxy groups -OCH3 is 1. The maximum Gasteiger partial charge on any atom is 0.237 e. The molecule has 2 aromatic carbocycles. The van der Waals surface area contributed by atoms with E-state index in [0.29, 0.717) is 17.5 Å². The molecule has 0 N–H and O–H groups in total. The van der Waals surface area contributed by atoms with Gasteiger partial charge in [0.25, 0.3) is 0 Å². The molecule has 166 valence electrons. The van der Waals surface area contributed by atoms with Crippen molar-refractivity contribution in [1.29, 1.82) is 0 Å². The lowest BCUT2D eigenvalue weighted by atomic mass is 10.1. The number of benzene rings is 2. The van der Waals surface area contributed by atoms with Crippen molar-refractivity contribution < 1.29 is 9.26 Å². The summed E-state index contributed by atoms with van der Waals surface area (Å²) in [6.07, 6.45) is 1.65. The Balaban J connectivity index is 1.38. The van der Waals surface area contributed by atoms with Gasteiger partial charge in [0, 0.05) is 12.1 Å². The molecule has 0 spiro atoms. The zero-order chi connectivity index (χ0) is 22.5. The zero-order valence-electron chi connectivity index (χ0n) is 17.9. The van der Waals surface area contributed by atoms with Crippen LogP contribution in [-0.2, 0) is 18.6 Å². The summed E-state index contributed by atoms with van der Waals surface area (Å²) < 4.78 is 12.9. The van der Waals surface area contributed by atoms with Crippen molar-refractivity contribution >= 4 is 23.1 Å². The second-order valence-corrected chi connectivity index (χ2v) is 9.09. The second kappa shape index (κ2) is 10.0. The van der Waals surface area contributed by atoms with Crippen LogP contribution in [0, 0.1) is 0 Å². The summed E-state index contributed by atoms with van der Waals surface area (Å²) in [7, 11) is 1.66. The van der Waals surface area contributed by atoms with E-state index in [0.717, 1.165) is 40.1 Å². The van der Waals surface area contributed by atoms with E-state index in [1.165, 1.54) is 17.3 Å². The van der Waals surface area contributed by atoms with Crippen LogP contribution in [0.3, 0.4) is 0 Å². The molecule has 0 aliphatic heterocycles. The maximum atomic E-state index is 5.45. The minimum absolute atomic E-state index is 0.505. The number of hydrogen-bond donors (Lipinski definition) is 0. The van der Waals surface area contributed by atoms with E-state index in [4.69, 9.17) is 9.26 Å². The molecule has 33 heavy (non-hydrogen) atoms. The van der Waals surface area contributed by atoms with Gasteiger partial charge in [-0.15, -0.1) is 21.5 Å². The molecule has 0 atom stereocenters. The SMILES string of the molecule is COc1ccc(-n2c(CCc3ccccc3)nnc2SCc2nc(-c3cccs3)no2)cc1. The highest BCUT2D eigenvalue weighted by Gasteiger charge is 2.17. The molecule has 3 aromatic heterocycles. The molecule has 5 rings (SSSR count). The number of rotatable bonds is 9. The highest BCUT2D eigenvalue weighted by molar-refractivity contribution is 7.98. The van der Waals surface area contributed by atoms with Crippen LogP contribution >= 0.6 is 23.1 Å². The Bertz CT molecular complexity index is 1300. The lowest BCUT2D eigenvalue weighted by Gasteiger charge is -2.11. The Hall–Kier alpha value is -3.43. The van der Waals surface area contributed by atoms with Crippen molar-refractivity contribution in [3.8, 4) is 22.1 Å². The van der Waals surface area contributed by atoms with Crippen LogP contribution in [0.1, 0.15) is 17.3 Å². The Labute approximate surface area is 199 Å². The standard InChI is InChI=1S/C24H21N5O2S2/c1-30-19-12-10-18(11-13-19)29-21(14-9-17-6-3-2-4-7-17)26-27-24(29)33-16-22-25-23(28-31-22)20-8-5-15-32-20/h2-8,10-13,15H,9,14,16H2,1H3. The largest absolute Gasteiger partial charge is 0.497 e. The smallest absolute Gasteiger partial charge is 0.237 e. The molecular weight excluding hydrogens is 454 g/mol. The van der Waals surface area contributed by atoms with Gasteiger partial charge in [-0.25, -0.2) is 0 Å². The predicted octanol–water partition coefficient (Wildman–Crippen LogP) is 5.46. The first kappa shape index (κ1) is 21.4. The maximum absolute atomic E-state index is 5.45. The molecule has 0 unspecified atom stereocenters. The number of hydrogen-bond acceptors (Lipinski definition) is 8. The molecule has 0 aliphatic carbocycles. The van der Waals surface area contributed by atoms with E-state index < -0.39 is 0 Å². The third kappa shape index (κ3) is 4.99. The van der Waals surface area contributed by atoms with E-state index in [1.54, 1.807) is 18.4 Å². The van der Waals surface area contributed by atoms with Gasteiger partial charge >= 0.3 is 0 Å². The fraction of sp³-hybridized carbons (Fsp3) is 0.167. The van der Waals surface area contributed by atoms with Crippen LogP contribution < -0.4 is 4.74 Å². The first-order valence-corrected chi connectivity index (χ1v) is 12.3. The van der Waals surface area contributed by atoms with Gasteiger partial charge in [0.15, 0.2) is 5.16 Å². The van der Waals surface area contributed by atoms with E-state index in [-0.39, 0.29) is 0 Å². The van der Waals surface area contributed by atoms with E-state index in [9.17, 15) is 0 Å². The van der Waals surface area contributed by atoms with Crippen molar-refractivity contribution in [3.05, 3.63) is 89.4 Å². The molecule has 9 heteroatoms. The van der Waals surface area contributed by atoms with Crippen LogP contribution in [0.15, 0.2) is 81.8 Å². The lowest BCUT2D eigenvalue weighted by molar-refractivity contribution is 0.391. The first-order valence-electron chi connectivity index (χ1n) is 10.4. The summed E-state index contributed by atoms with van der Waals surface area (Å²) >= 11 is 3.11. The third-order valence-electron chi connectivity index (χ3n) is 5.05. The summed E-state index contributed by atoms with van der Waals surface area (Å²) in [5, 5.41) is 15.8. The Morgan fingerprint density at radius 1 is 0.970 bits per heavy atom. The molecule has 0 saturated carbocycles. The van der Waals surface area contributed by atoms with Crippen molar-refractivity contribution in [2.24, 2.45) is 0 Å². The first-order chi connectivity index (χ1) is 16.3. The summed E-state index contributed by atoms with van der Waals surface area (Å²) in [5.74, 6) is 3.38. The zero-order valence-corrected chi connectivity index (χ0v) is 19.6. The van der Waals surface area contributed by atoms with Gasteiger partial charge in [0.05, 0.1) is 17.7 Å². The third-order valence-corrected chi connectivity index (χ3v) is 6.83. The molecule has 0 amide bonds. The summed E-state index contributed by atoms with van der Waals surface area (Å²) in [5.41, 5.74) is 2.25. The molecule has 0 aliphatic rings. The van der Waals surface area contributed by atoms with Gasteiger partial charge in [-0.1, -0.05) is 53.3 Å². The number of aryl methyl sites for hydroxylation is 2. The average Bonchev–Trinajstić information content (AvgIpc) is 3.63. The van der Waals surface area contributed by atoms with E-state index >= 15 is 0 Å². The van der Waals surface area contributed by atoms with Gasteiger partial charge in [-0.05, 0) is 47.7 Å². The van der Waals surface area contributed by atoms with Crippen LogP contribution in [0.5, 0.6) is 5.75 Å². The highest BCUT2D eigenvalue weighted by Crippen LogP contribution is 2.28. The second-order valence-electron chi connectivity index (χ2n) is 7.20. The van der Waals surface area contributed by atoms with Crippen LogP contribution in [-0.4, -0.2) is 32.0 Å². The number of thiophene rings is 1. The molecule has 7 nitrogen and oxygen atoms in total. The van der Waals surface area contributed by atoms with Gasteiger partial charge in [-0.3, -0.25) is 4.57 Å². The molecule has 0 bridgehead atoms. The van der Waals surface area contributed by atoms with Crippen LogP contribution in [0.25, 0.3) is 16.4 Å². The van der Waals surface area contributed by atoms with Gasteiger partial charge in [0.2, 0.25) is 11.7 Å². The Kier molecular flexibility index (Phi) is 6.50. The average molecular weight is 476 g/mol.